The first-order valence-electron chi connectivity index (χ1n) is 5.64. The predicted molar refractivity (Wildman–Crippen MR) is 69.1 cm³/mol. The maximum atomic E-state index is 12.0. The lowest BCUT2D eigenvalue weighted by atomic mass is 10.0. The van der Waals surface area contributed by atoms with Crippen LogP contribution in [-0.4, -0.2) is 18.0 Å². The van der Waals surface area contributed by atoms with Crippen molar-refractivity contribution >= 4 is 5.78 Å². The molecule has 3 heteroatoms. The van der Waals surface area contributed by atoms with E-state index in [0.717, 1.165) is 11.3 Å². The van der Waals surface area contributed by atoms with Gasteiger partial charge in [-0.2, -0.15) is 0 Å². The lowest BCUT2D eigenvalue weighted by Gasteiger charge is -2.03. The number of aromatic hydroxyl groups is 1. The van der Waals surface area contributed by atoms with Crippen LogP contribution >= 0.6 is 0 Å². The summed E-state index contributed by atoms with van der Waals surface area (Å²) < 4.78 is 5.06. The van der Waals surface area contributed by atoms with Crippen molar-refractivity contribution in [3.8, 4) is 11.5 Å². The van der Waals surface area contributed by atoms with E-state index in [4.69, 9.17) is 9.84 Å². The van der Waals surface area contributed by atoms with Gasteiger partial charge in [-0.3, -0.25) is 4.79 Å². The zero-order valence-corrected chi connectivity index (χ0v) is 10.1. The van der Waals surface area contributed by atoms with E-state index in [-0.39, 0.29) is 11.5 Å². The summed E-state index contributed by atoms with van der Waals surface area (Å²) in [6, 6.07) is 13.7. The molecule has 0 saturated carbocycles. The van der Waals surface area contributed by atoms with Gasteiger partial charge in [0.1, 0.15) is 11.5 Å². The van der Waals surface area contributed by atoms with Gasteiger partial charge in [-0.05, 0) is 42.0 Å². The van der Waals surface area contributed by atoms with Gasteiger partial charge < -0.3 is 9.84 Å². The Bertz CT molecular complexity index is 527. The molecule has 0 aliphatic carbocycles. The molecule has 0 radical (unpaired) electrons. The zero-order valence-electron chi connectivity index (χ0n) is 10.1. The summed E-state index contributed by atoms with van der Waals surface area (Å²) in [7, 11) is 1.61. The van der Waals surface area contributed by atoms with Gasteiger partial charge in [-0.15, -0.1) is 0 Å². The number of hydrogen-bond donors (Lipinski definition) is 1. The highest BCUT2D eigenvalue weighted by atomic mass is 16.5. The molecular weight excluding hydrogens is 228 g/mol. The Labute approximate surface area is 106 Å². The van der Waals surface area contributed by atoms with Crippen molar-refractivity contribution in [2.75, 3.05) is 7.11 Å². The van der Waals surface area contributed by atoms with E-state index in [0.29, 0.717) is 12.0 Å². The average Bonchev–Trinajstić information content (AvgIpc) is 2.40. The highest BCUT2D eigenvalue weighted by Crippen LogP contribution is 2.15. The number of ether oxygens (including phenoxy) is 1. The van der Waals surface area contributed by atoms with Crippen molar-refractivity contribution in [2.24, 2.45) is 0 Å². The average molecular weight is 242 g/mol. The second-order valence-corrected chi connectivity index (χ2v) is 3.99. The third-order valence-electron chi connectivity index (χ3n) is 2.71. The van der Waals surface area contributed by atoms with Gasteiger partial charge in [0.05, 0.1) is 7.11 Å². The minimum Gasteiger partial charge on any atom is -0.508 e. The van der Waals surface area contributed by atoms with Crippen molar-refractivity contribution in [3.63, 3.8) is 0 Å². The first-order chi connectivity index (χ1) is 8.69. The molecule has 2 rings (SSSR count). The molecule has 0 aliphatic rings. The molecular formula is C15H14O3. The second kappa shape index (κ2) is 5.36. The van der Waals surface area contributed by atoms with Crippen molar-refractivity contribution in [1.29, 1.82) is 0 Å². The number of ketones is 1. The van der Waals surface area contributed by atoms with Crippen LogP contribution in [0, 0.1) is 0 Å². The molecule has 0 aromatic heterocycles. The van der Waals surface area contributed by atoms with Crippen molar-refractivity contribution in [1.82, 2.24) is 0 Å². The summed E-state index contributed by atoms with van der Waals surface area (Å²) in [6.07, 6.45) is 0.342. The molecule has 92 valence electrons. The Morgan fingerprint density at radius 1 is 1.06 bits per heavy atom. The number of Topliss-reactive ketones (excluding diaryl/α,β-unsaturated/α-hetero) is 1. The quantitative estimate of drug-likeness (QED) is 0.838. The normalized spacial score (nSPS) is 10.1. The molecule has 3 nitrogen and oxygen atoms in total. The Morgan fingerprint density at radius 3 is 2.22 bits per heavy atom. The number of hydrogen-bond acceptors (Lipinski definition) is 3. The van der Waals surface area contributed by atoms with E-state index in [1.807, 2.05) is 24.3 Å². The number of phenolic OH excluding ortho intramolecular Hbond substituents is 1. The van der Waals surface area contributed by atoms with Gasteiger partial charge in [0.15, 0.2) is 5.78 Å². The van der Waals surface area contributed by atoms with E-state index < -0.39 is 0 Å². The third kappa shape index (κ3) is 2.88. The third-order valence-corrected chi connectivity index (χ3v) is 2.71. The Morgan fingerprint density at radius 2 is 1.67 bits per heavy atom. The SMILES string of the molecule is COc1ccc(CC(=O)c2ccc(O)cc2)cc1. The highest BCUT2D eigenvalue weighted by Gasteiger charge is 2.07. The van der Waals surface area contributed by atoms with Gasteiger partial charge in [-0.25, -0.2) is 0 Å². The van der Waals surface area contributed by atoms with Crippen molar-refractivity contribution < 1.29 is 14.6 Å². The number of carbonyl (C=O) groups excluding carboxylic acids is 1. The lowest BCUT2D eigenvalue weighted by Crippen LogP contribution is -2.03. The molecule has 0 heterocycles. The first-order valence-corrected chi connectivity index (χ1v) is 5.64. The predicted octanol–water partition coefficient (Wildman–Crippen LogP) is 2.83. The molecule has 0 aliphatic heterocycles. The minimum absolute atomic E-state index is 0.0279. The van der Waals surface area contributed by atoms with Gasteiger partial charge in [0.25, 0.3) is 0 Å². The highest BCUT2D eigenvalue weighted by molar-refractivity contribution is 5.97. The summed E-state index contributed by atoms with van der Waals surface area (Å²) >= 11 is 0. The van der Waals surface area contributed by atoms with Crippen molar-refractivity contribution in [3.05, 3.63) is 59.7 Å². The molecule has 0 saturated heterocycles. The van der Waals surface area contributed by atoms with Crippen LogP contribution in [0.1, 0.15) is 15.9 Å². The first kappa shape index (κ1) is 12.2. The second-order valence-electron chi connectivity index (χ2n) is 3.99. The van der Waals surface area contributed by atoms with Crippen LogP contribution < -0.4 is 4.74 Å². The molecule has 0 fully saturated rings. The summed E-state index contributed by atoms with van der Waals surface area (Å²) in [5, 5.41) is 9.16. The summed E-state index contributed by atoms with van der Waals surface area (Å²) in [6.45, 7) is 0. The van der Waals surface area contributed by atoms with Crippen LogP contribution in [0.25, 0.3) is 0 Å². The van der Waals surface area contributed by atoms with E-state index in [1.165, 1.54) is 12.1 Å². The molecule has 0 amide bonds. The standard InChI is InChI=1S/C15H14O3/c1-18-14-8-2-11(3-9-14)10-15(17)12-4-6-13(16)7-5-12/h2-9,16H,10H2,1H3. The largest absolute Gasteiger partial charge is 0.508 e. The molecule has 1 N–H and O–H groups in total. The molecule has 0 bridgehead atoms. The Balaban J connectivity index is 2.08. The van der Waals surface area contributed by atoms with Gasteiger partial charge in [0.2, 0.25) is 0 Å². The van der Waals surface area contributed by atoms with E-state index in [2.05, 4.69) is 0 Å². The topological polar surface area (TPSA) is 46.5 Å². The lowest BCUT2D eigenvalue weighted by molar-refractivity contribution is 0.0993. The molecule has 0 unspecified atom stereocenters. The van der Waals surface area contributed by atoms with Crippen LogP contribution in [0.2, 0.25) is 0 Å². The monoisotopic (exact) mass is 242 g/mol. The van der Waals surface area contributed by atoms with E-state index in [1.54, 1.807) is 19.2 Å². The van der Waals surface area contributed by atoms with Gasteiger partial charge in [-0.1, -0.05) is 12.1 Å². The van der Waals surface area contributed by atoms with Gasteiger partial charge >= 0.3 is 0 Å². The van der Waals surface area contributed by atoms with Gasteiger partial charge in [0, 0.05) is 12.0 Å². The fourth-order valence-corrected chi connectivity index (χ4v) is 1.68. The summed E-state index contributed by atoms with van der Waals surface area (Å²) in [4.78, 5) is 12.0. The Hall–Kier alpha value is -2.29. The zero-order chi connectivity index (χ0) is 13.0. The number of phenols is 1. The fraction of sp³-hybridized carbons (Fsp3) is 0.133. The minimum atomic E-state index is 0.0279. The molecule has 2 aromatic rings. The smallest absolute Gasteiger partial charge is 0.167 e. The van der Waals surface area contributed by atoms with Crippen LogP contribution in [0.5, 0.6) is 11.5 Å². The van der Waals surface area contributed by atoms with E-state index >= 15 is 0 Å². The van der Waals surface area contributed by atoms with Crippen LogP contribution in [0.15, 0.2) is 48.5 Å². The maximum absolute atomic E-state index is 12.0. The van der Waals surface area contributed by atoms with Crippen molar-refractivity contribution in [2.45, 2.75) is 6.42 Å². The number of rotatable bonds is 4. The number of benzene rings is 2. The fourth-order valence-electron chi connectivity index (χ4n) is 1.68. The van der Waals surface area contributed by atoms with Crippen LogP contribution in [0.4, 0.5) is 0 Å². The maximum Gasteiger partial charge on any atom is 0.167 e. The number of methoxy groups -OCH3 is 1. The van der Waals surface area contributed by atoms with E-state index in [9.17, 15) is 4.79 Å². The Kier molecular flexibility index (Phi) is 3.63. The molecule has 0 atom stereocenters. The van der Waals surface area contributed by atoms with Crippen LogP contribution in [-0.2, 0) is 6.42 Å². The molecule has 18 heavy (non-hydrogen) atoms. The number of carbonyl (C=O) groups is 1. The summed E-state index contributed by atoms with van der Waals surface area (Å²) in [5.41, 5.74) is 1.54. The molecule has 2 aromatic carbocycles. The van der Waals surface area contributed by atoms with Crippen LogP contribution in [0.3, 0.4) is 0 Å². The summed E-state index contributed by atoms with van der Waals surface area (Å²) in [5.74, 6) is 0.965. The molecule has 0 spiro atoms.